The highest BCUT2D eigenvalue weighted by atomic mass is 35.5. The van der Waals surface area contributed by atoms with E-state index in [0.29, 0.717) is 5.02 Å². The molecule has 1 atom stereocenters. The molecule has 0 bridgehead atoms. The summed E-state index contributed by atoms with van der Waals surface area (Å²) in [5, 5.41) is 13.0. The number of esters is 1. The molecular formula is C26H24Cl2N2O7S. The summed E-state index contributed by atoms with van der Waals surface area (Å²) >= 11 is 11.8. The number of carbonyl (C=O) groups is 3. The molecule has 0 aliphatic rings. The van der Waals surface area contributed by atoms with Crippen molar-refractivity contribution in [2.75, 3.05) is 6.54 Å². The first kappa shape index (κ1) is 29.1. The van der Waals surface area contributed by atoms with Crippen LogP contribution in [0, 0.1) is 0 Å². The summed E-state index contributed by atoms with van der Waals surface area (Å²) in [7, 11) is -4.13. The van der Waals surface area contributed by atoms with E-state index in [1.807, 2.05) is 0 Å². The van der Waals surface area contributed by atoms with Gasteiger partial charge in [-0.2, -0.15) is 4.72 Å². The second-order valence-corrected chi connectivity index (χ2v) is 10.8. The predicted molar refractivity (Wildman–Crippen MR) is 143 cm³/mol. The van der Waals surface area contributed by atoms with Gasteiger partial charge in [0.2, 0.25) is 10.0 Å². The van der Waals surface area contributed by atoms with Gasteiger partial charge in [-0.3, -0.25) is 14.4 Å². The first-order chi connectivity index (χ1) is 18.0. The molecular weight excluding hydrogens is 555 g/mol. The zero-order valence-corrected chi connectivity index (χ0v) is 22.4. The molecule has 38 heavy (non-hydrogen) atoms. The smallest absolute Gasteiger partial charge is 0.321 e. The van der Waals surface area contributed by atoms with E-state index in [1.54, 1.807) is 36.4 Å². The molecule has 0 heterocycles. The Kier molecular flexibility index (Phi) is 9.87. The molecule has 0 spiro atoms. The summed E-state index contributed by atoms with van der Waals surface area (Å²) in [6.07, 6.45) is 0.0498. The van der Waals surface area contributed by atoms with E-state index in [9.17, 15) is 27.9 Å². The van der Waals surface area contributed by atoms with E-state index in [4.69, 9.17) is 27.9 Å². The van der Waals surface area contributed by atoms with E-state index >= 15 is 0 Å². The Morgan fingerprint density at radius 1 is 0.921 bits per heavy atom. The van der Waals surface area contributed by atoms with Crippen molar-refractivity contribution in [2.24, 2.45) is 0 Å². The summed E-state index contributed by atoms with van der Waals surface area (Å²) in [5.74, 6) is -2.53. The van der Waals surface area contributed by atoms with E-state index in [0.717, 1.165) is 11.1 Å². The fourth-order valence-electron chi connectivity index (χ4n) is 3.48. The van der Waals surface area contributed by atoms with Gasteiger partial charge in [0, 0.05) is 23.5 Å². The predicted octanol–water partition coefficient (Wildman–Crippen LogP) is 4.53. The van der Waals surface area contributed by atoms with Gasteiger partial charge in [0.25, 0.3) is 5.91 Å². The quantitative estimate of drug-likeness (QED) is 0.172. The largest absolute Gasteiger partial charge is 0.480 e. The van der Waals surface area contributed by atoms with Crippen molar-refractivity contribution in [3.8, 4) is 16.9 Å². The highest BCUT2D eigenvalue weighted by Crippen LogP contribution is 2.24. The van der Waals surface area contributed by atoms with Crippen molar-refractivity contribution in [1.82, 2.24) is 10.0 Å². The van der Waals surface area contributed by atoms with Gasteiger partial charge in [-0.05, 0) is 66.4 Å². The van der Waals surface area contributed by atoms with Gasteiger partial charge >= 0.3 is 11.9 Å². The number of sulfonamides is 1. The zero-order chi connectivity index (χ0) is 27.9. The van der Waals surface area contributed by atoms with Gasteiger partial charge in [0.1, 0.15) is 11.8 Å². The monoisotopic (exact) mass is 578 g/mol. The van der Waals surface area contributed by atoms with Crippen LogP contribution in [-0.4, -0.2) is 44.0 Å². The molecule has 3 aromatic carbocycles. The molecule has 0 radical (unpaired) electrons. The minimum absolute atomic E-state index is 0.0256. The number of hydrogen-bond acceptors (Lipinski definition) is 6. The standard InChI is InChI=1S/C26H24Cl2N2O7S/c1-16(31)37-24-13-10-20(28)15-22(24)25(32)29-14-2-3-23(26(33)34)30-38(35,36)21-11-6-18(7-12-21)17-4-8-19(27)9-5-17/h4-13,15,23,30H,2-3,14H2,1H3,(H,29,32)(H,33,34)/t23-/m0/s1. The van der Waals surface area contributed by atoms with Gasteiger partial charge in [-0.1, -0.05) is 47.5 Å². The van der Waals surface area contributed by atoms with E-state index in [-0.39, 0.29) is 40.6 Å². The minimum Gasteiger partial charge on any atom is -0.480 e. The second-order valence-electron chi connectivity index (χ2n) is 8.18. The Morgan fingerprint density at radius 3 is 2.08 bits per heavy atom. The van der Waals surface area contributed by atoms with Crippen LogP contribution in [0.2, 0.25) is 10.0 Å². The average molecular weight is 579 g/mol. The van der Waals surface area contributed by atoms with Crippen molar-refractivity contribution in [2.45, 2.75) is 30.7 Å². The lowest BCUT2D eigenvalue weighted by Gasteiger charge is -2.15. The topological polar surface area (TPSA) is 139 Å². The van der Waals surface area contributed by atoms with Crippen LogP contribution in [0.4, 0.5) is 0 Å². The van der Waals surface area contributed by atoms with Crippen LogP contribution in [0.1, 0.15) is 30.1 Å². The number of amides is 1. The maximum atomic E-state index is 12.8. The lowest BCUT2D eigenvalue weighted by Crippen LogP contribution is -2.41. The van der Waals surface area contributed by atoms with Gasteiger partial charge < -0.3 is 15.2 Å². The van der Waals surface area contributed by atoms with Crippen molar-refractivity contribution in [3.63, 3.8) is 0 Å². The van der Waals surface area contributed by atoms with E-state index in [2.05, 4.69) is 10.0 Å². The molecule has 0 saturated carbocycles. The number of ether oxygens (including phenoxy) is 1. The van der Waals surface area contributed by atoms with Gasteiger partial charge in [-0.15, -0.1) is 0 Å². The minimum atomic E-state index is -4.13. The maximum absolute atomic E-state index is 12.8. The molecule has 12 heteroatoms. The summed E-state index contributed by atoms with van der Waals surface area (Å²) in [4.78, 5) is 35.5. The third-order valence-electron chi connectivity index (χ3n) is 5.33. The Balaban J connectivity index is 1.59. The Labute approximate surface area is 229 Å². The molecule has 0 saturated heterocycles. The fourth-order valence-corrected chi connectivity index (χ4v) is 5.01. The number of aliphatic carboxylic acids is 1. The molecule has 0 aromatic heterocycles. The maximum Gasteiger partial charge on any atom is 0.321 e. The highest BCUT2D eigenvalue weighted by Gasteiger charge is 2.25. The number of benzene rings is 3. The number of carboxylic acid groups (broad SMARTS) is 1. The SMILES string of the molecule is CC(=O)Oc1ccc(Cl)cc1C(=O)NCCC[C@H](NS(=O)(=O)c1ccc(-c2ccc(Cl)cc2)cc1)C(=O)O. The average Bonchev–Trinajstić information content (AvgIpc) is 2.87. The summed E-state index contributed by atoms with van der Waals surface area (Å²) in [6, 6.07) is 15.8. The molecule has 3 N–H and O–H groups in total. The number of nitrogens with one attached hydrogen (secondary N) is 2. The first-order valence-corrected chi connectivity index (χ1v) is 13.6. The van der Waals surface area contributed by atoms with Crippen molar-refractivity contribution in [3.05, 3.63) is 82.3 Å². The van der Waals surface area contributed by atoms with Gasteiger partial charge in [0.05, 0.1) is 10.5 Å². The fraction of sp³-hybridized carbons (Fsp3) is 0.192. The molecule has 3 rings (SSSR count). The normalized spacial score (nSPS) is 12.0. The van der Waals surface area contributed by atoms with Crippen LogP contribution in [0.3, 0.4) is 0 Å². The van der Waals surface area contributed by atoms with Crippen LogP contribution < -0.4 is 14.8 Å². The highest BCUT2D eigenvalue weighted by molar-refractivity contribution is 7.89. The molecule has 0 unspecified atom stereocenters. The van der Waals surface area contributed by atoms with Crippen molar-refractivity contribution in [1.29, 1.82) is 0 Å². The van der Waals surface area contributed by atoms with Crippen LogP contribution in [0.15, 0.2) is 71.6 Å². The van der Waals surface area contributed by atoms with Crippen LogP contribution in [0.5, 0.6) is 5.75 Å². The molecule has 3 aromatic rings. The number of halogens is 2. The van der Waals surface area contributed by atoms with Crippen LogP contribution >= 0.6 is 23.2 Å². The Morgan fingerprint density at radius 2 is 1.50 bits per heavy atom. The number of rotatable bonds is 11. The van der Waals surface area contributed by atoms with Gasteiger partial charge in [-0.25, -0.2) is 8.42 Å². The number of hydrogen-bond donors (Lipinski definition) is 3. The summed E-state index contributed by atoms with van der Waals surface area (Å²) in [5.41, 5.74) is 1.64. The molecule has 1 amide bonds. The van der Waals surface area contributed by atoms with Crippen LogP contribution in [0.25, 0.3) is 11.1 Å². The first-order valence-electron chi connectivity index (χ1n) is 11.3. The lowest BCUT2D eigenvalue weighted by atomic mass is 10.1. The van der Waals surface area contributed by atoms with Crippen molar-refractivity contribution < 1.29 is 32.6 Å². The number of carboxylic acids is 1. The third-order valence-corrected chi connectivity index (χ3v) is 7.31. The van der Waals surface area contributed by atoms with Crippen LogP contribution in [-0.2, 0) is 19.6 Å². The molecule has 0 aliphatic heterocycles. The van der Waals surface area contributed by atoms with E-state index < -0.39 is 33.9 Å². The number of carbonyl (C=O) groups excluding carboxylic acids is 2. The zero-order valence-electron chi connectivity index (χ0n) is 20.1. The molecule has 0 aliphatic carbocycles. The molecule has 0 fully saturated rings. The van der Waals surface area contributed by atoms with Gasteiger partial charge in [0.15, 0.2) is 0 Å². The lowest BCUT2D eigenvalue weighted by molar-refractivity contribution is -0.139. The Bertz CT molecular complexity index is 1430. The summed E-state index contributed by atoms with van der Waals surface area (Å²) < 4.78 is 32.8. The van der Waals surface area contributed by atoms with E-state index in [1.165, 1.54) is 37.3 Å². The molecule has 9 nitrogen and oxygen atoms in total. The second kappa shape index (κ2) is 12.9. The molecule has 200 valence electrons. The third kappa shape index (κ3) is 8.03. The summed E-state index contributed by atoms with van der Waals surface area (Å²) in [6.45, 7) is 1.23. The van der Waals surface area contributed by atoms with Crippen molar-refractivity contribution >= 4 is 51.1 Å². The Hall–Kier alpha value is -3.44.